The SMILES string of the molecule is CCC\C=C/C=C\C=C/C=C\C=C/CCCCCCCC(=O)OCC(COC(=O)CCCCCCCCCCCCCC)OC(=O)CCCCC/C=C\CCCCCCCC. The van der Waals surface area contributed by atoms with Crippen molar-refractivity contribution in [2.75, 3.05) is 13.2 Å². The molecule has 0 aromatic carbocycles. The predicted octanol–water partition coefficient (Wildman–Crippen LogP) is 16.6. The Bertz CT molecular complexity index is 1160. The van der Waals surface area contributed by atoms with Crippen LogP contribution in [0.25, 0.3) is 0 Å². The van der Waals surface area contributed by atoms with Crippen LogP contribution in [0.3, 0.4) is 0 Å². The van der Waals surface area contributed by atoms with E-state index in [1.165, 1.54) is 103 Å². The monoisotopic (exact) mass is 851 g/mol. The minimum Gasteiger partial charge on any atom is -0.462 e. The molecule has 0 aliphatic carbocycles. The first-order chi connectivity index (χ1) is 30.0. The molecule has 0 aromatic rings. The molecule has 0 rings (SSSR count). The van der Waals surface area contributed by atoms with Gasteiger partial charge >= 0.3 is 17.9 Å². The number of ether oxygens (including phenoxy) is 3. The molecule has 0 saturated carbocycles. The highest BCUT2D eigenvalue weighted by atomic mass is 16.6. The molecule has 0 aliphatic rings. The van der Waals surface area contributed by atoms with Crippen LogP contribution in [-0.4, -0.2) is 37.2 Å². The second kappa shape index (κ2) is 49.5. The topological polar surface area (TPSA) is 78.9 Å². The average Bonchev–Trinajstić information content (AvgIpc) is 3.26. The van der Waals surface area contributed by atoms with Gasteiger partial charge in [-0.05, 0) is 64.2 Å². The van der Waals surface area contributed by atoms with E-state index in [0.29, 0.717) is 19.3 Å². The highest BCUT2D eigenvalue weighted by Crippen LogP contribution is 2.14. The average molecular weight is 851 g/mol. The fraction of sp³-hybridized carbons (Fsp3) is 0.727. The molecule has 61 heavy (non-hydrogen) atoms. The second-order valence-electron chi connectivity index (χ2n) is 16.9. The van der Waals surface area contributed by atoms with Crippen LogP contribution in [0.15, 0.2) is 72.9 Å². The Balaban J connectivity index is 4.44. The first kappa shape index (κ1) is 57.9. The van der Waals surface area contributed by atoms with E-state index < -0.39 is 6.10 Å². The van der Waals surface area contributed by atoms with Crippen LogP contribution in [0.1, 0.15) is 239 Å². The fourth-order valence-electron chi connectivity index (χ4n) is 6.94. The number of allylic oxidation sites excluding steroid dienone is 12. The van der Waals surface area contributed by atoms with E-state index in [1.54, 1.807) is 0 Å². The molecule has 0 amide bonds. The van der Waals surface area contributed by atoms with Gasteiger partial charge in [0.2, 0.25) is 0 Å². The van der Waals surface area contributed by atoms with Gasteiger partial charge in [0.1, 0.15) is 13.2 Å². The zero-order valence-corrected chi connectivity index (χ0v) is 39.9. The van der Waals surface area contributed by atoms with Crippen molar-refractivity contribution in [2.45, 2.75) is 245 Å². The van der Waals surface area contributed by atoms with Gasteiger partial charge in [-0.15, -0.1) is 0 Å². The maximum atomic E-state index is 12.8. The van der Waals surface area contributed by atoms with Crippen molar-refractivity contribution in [3.8, 4) is 0 Å². The highest BCUT2D eigenvalue weighted by molar-refractivity contribution is 5.71. The Labute approximate surface area is 376 Å². The largest absolute Gasteiger partial charge is 0.462 e. The van der Waals surface area contributed by atoms with E-state index in [1.807, 2.05) is 24.3 Å². The fourth-order valence-corrected chi connectivity index (χ4v) is 6.94. The number of carbonyl (C=O) groups is 3. The molecular formula is C55H94O6. The molecule has 0 N–H and O–H groups in total. The number of unbranched alkanes of at least 4 members (excludes halogenated alkanes) is 26. The molecule has 350 valence electrons. The smallest absolute Gasteiger partial charge is 0.306 e. The molecule has 0 spiro atoms. The Hall–Kier alpha value is -3.15. The van der Waals surface area contributed by atoms with E-state index in [0.717, 1.165) is 96.3 Å². The van der Waals surface area contributed by atoms with Crippen molar-refractivity contribution in [1.82, 2.24) is 0 Å². The summed E-state index contributed by atoms with van der Waals surface area (Å²) in [5, 5.41) is 0. The zero-order valence-electron chi connectivity index (χ0n) is 39.9. The van der Waals surface area contributed by atoms with E-state index in [-0.39, 0.29) is 31.1 Å². The summed E-state index contributed by atoms with van der Waals surface area (Å²) >= 11 is 0. The van der Waals surface area contributed by atoms with Crippen molar-refractivity contribution in [3.63, 3.8) is 0 Å². The van der Waals surface area contributed by atoms with Gasteiger partial charge in [-0.2, -0.15) is 0 Å². The molecule has 0 heterocycles. The number of esters is 3. The summed E-state index contributed by atoms with van der Waals surface area (Å²) in [6.45, 7) is 6.50. The van der Waals surface area contributed by atoms with Crippen LogP contribution in [0, 0.1) is 0 Å². The third-order valence-corrected chi connectivity index (χ3v) is 10.8. The number of hydrogen-bond acceptors (Lipinski definition) is 6. The van der Waals surface area contributed by atoms with Crippen LogP contribution in [0.4, 0.5) is 0 Å². The van der Waals surface area contributed by atoms with Gasteiger partial charge in [-0.25, -0.2) is 0 Å². The van der Waals surface area contributed by atoms with E-state index in [9.17, 15) is 14.4 Å². The summed E-state index contributed by atoms with van der Waals surface area (Å²) in [5.74, 6) is -0.929. The minimum atomic E-state index is -0.791. The summed E-state index contributed by atoms with van der Waals surface area (Å²) in [6.07, 6.45) is 61.6. The molecule has 0 bridgehead atoms. The van der Waals surface area contributed by atoms with E-state index in [2.05, 4.69) is 69.4 Å². The highest BCUT2D eigenvalue weighted by Gasteiger charge is 2.19. The van der Waals surface area contributed by atoms with Gasteiger partial charge in [0.05, 0.1) is 0 Å². The van der Waals surface area contributed by atoms with Crippen molar-refractivity contribution in [1.29, 1.82) is 0 Å². The molecule has 0 radical (unpaired) electrons. The lowest BCUT2D eigenvalue weighted by Gasteiger charge is -2.18. The Morgan fingerprint density at radius 2 is 0.639 bits per heavy atom. The number of carbonyl (C=O) groups excluding carboxylic acids is 3. The van der Waals surface area contributed by atoms with Crippen molar-refractivity contribution in [3.05, 3.63) is 72.9 Å². The van der Waals surface area contributed by atoms with Crippen molar-refractivity contribution < 1.29 is 28.6 Å². The van der Waals surface area contributed by atoms with Gasteiger partial charge in [-0.3, -0.25) is 14.4 Å². The predicted molar refractivity (Wildman–Crippen MR) is 261 cm³/mol. The van der Waals surface area contributed by atoms with Gasteiger partial charge in [0.25, 0.3) is 0 Å². The van der Waals surface area contributed by atoms with Gasteiger partial charge in [0.15, 0.2) is 6.10 Å². The lowest BCUT2D eigenvalue weighted by Crippen LogP contribution is -2.30. The molecule has 6 nitrogen and oxygen atoms in total. The van der Waals surface area contributed by atoms with Gasteiger partial charge < -0.3 is 14.2 Å². The summed E-state index contributed by atoms with van der Waals surface area (Å²) in [5.41, 5.74) is 0. The molecule has 0 aliphatic heterocycles. The van der Waals surface area contributed by atoms with Crippen LogP contribution in [0.5, 0.6) is 0 Å². The molecule has 1 atom stereocenters. The quantitative estimate of drug-likeness (QED) is 0.0200. The first-order valence-corrected chi connectivity index (χ1v) is 25.5. The summed E-state index contributed by atoms with van der Waals surface area (Å²) in [4.78, 5) is 37.9. The summed E-state index contributed by atoms with van der Waals surface area (Å²) < 4.78 is 16.7. The maximum absolute atomic E-state index is 12.8. The zero-order chi connectivity index (χ0) is 44.4. The Kier molecular flexibility index (Phi) is 46.9. The summed E-state index contributed by atoms with van der Waals surface area (Å²) in [7, 11) is 0. The normalized spacial score (nSPS) is 12.6. The lowest BCUT2D eigenvalue weighted by molar-refractivity contribution is -0.167. The Morgan fingerprint density at radius 1 is 0.328 bits per heavy atom. The van der Waals surface area contributed by atoms with Crippen LogP contribution in [-0.2, 0) is 28.6 Å². The summed E-state index contributed by atoms with van der Waals surface area (Å²) in [6, 6.07) is 0. The second-order valence-corrected chi connectivity index (χ2v) is 16.9. The van der Waals surface area contributed by atoms with Crippen LogP contribution in [0.2, 0.25) is 0 Å². The first-order valence-electron chi connectivity index (χ1n) is 25.5. The van der Waals surface area contributed by atoms with E-state index in [4.69, 9.17) is 14.2 Å². The molecule has 0 saturated heterocycles. The standard InChI is InChI=1S/C55H94O6/c1-4-7-10-13-16-19-22-25-26-27-28-29-31-33-36-39-42-45-48-54(57)60-51-52(50-59-53(56)47-44-41-38-35-32-24-21-18-15-12-9-6-3)61-55(58)49-46-43-40-37-34-30-23-20-17-14-11-8-5-2/h10,13,16,19,22,25-30,34,52H,4-9,11-12,14-15,17-18,20-21,23-24,31-33,35-51H2,1-3H3/b13-10-,19-16-,25-22-,27-26-,29-28-,34-30-. The molecule has 0 fully saturated rings. The van der Waals surface area contributed by atoms with Crippen LogP contribution >= 0.6 is 0 Å². The lowest BCUT2D eigenvalue weighted by atomic mass is 10.0. The molecular weight excluding hydrogens is 757 g/mol. The third kappa shape index (κ3) is 47.7. The van der Waals surface area contributed by atoms with Gasteiger partial charge in [-0.1, -0.05) is 229 Å². The van der Waals surface area contributed by atoms with Gasteiger partial charge in [0, 0.05) is 19.3 Å². The maximum Gasteiger partial charge on any atom is 0.306 e. The molecule has 6 heteroatoms. The third-order valence-electron chi connectivity index (χ3n) is 10.8. The molecule has 1 unspecified atom stereocenters. The Morgan fingerprint density at radius 3 is 1.05 bits per heavy atom. The number of rotatable bonds is 45. The van der Waals surface area contributed by atoms with Crippen molar-refractivity contribution >= 4 is 17.9 Å². The number of hydrogen-bond donors (Lipinski definition) is 0. The molecule has 0 aromatic heterocycles. The van der Waals surface area contributed by atoms with Crippen LogP contribution < -0.4 is 0 Å². The van der Waals surface area contributed by atoms with E-state index >= 15 is 0 Å². The van der Waals surface area contributed by atoms with Crippen molar-refractivity contribution in [2.24, 2.45) is 0 Å². The minimum absolute atomic E-state index is 0.0885.